The molecule has 4 rings (SSSR count). The first-order valence-corrected chi connectivity index (χ1v) is 11.5. The van der Waals surface area contributed by atoms with E-state index in [4.69, 9.17) is 4.74 Å². The molecule has 3 aromatic rings. The van der Waals surface area contributed by atoms with Crippen molar-refractivity contribution in [2.45, 2.75) is 19.1 Å². The molecule has 3 aromatic carbocycles. The first kappa shape index (κ1) is 21.9. The van der Waals surface area contributed by atoms with Crippen LogP contribution in [0.1, 0.15) is 35.8 Å². The minimum absolute atomic E-state index is 0.103. The Kier molecular flexibility index (Phi) is 6.65. The second-order valence-electron chi connectivity index (χ2n) is 7.22. The molecule has 0 saturated heterocycles. The molecule has 0 spiro atoms. The zero-order valence-corrected chi connectivity index (χ0v) is 20.0. The molecule has 0 aliphatic carbocycles. The number of ether oxygens (including phenoxy) is 1. The van der Waals surface area contributed by atoms with Gasteiger partial charge in [0.25, 0.3) is 0 Å². The Morgan fingerprint density at radius 2 is 1.81 bits per heavy atom. The molecule has 0 aromatic heterocycles. The smallest absolute Gasteiger partial charge is 0.189 e. The lowest BCUT2D eigenvalue weighted by molar-refractivity contribution is -0.731. The predicted octanol–water partition coefficient (Wildman–Crippen LogP) is 5.40. The number of nitrogens with two attached hydrogens (primary N) is 1. The Labute approximate surface area is 197 Å². The minimum atomic E-state index is -0.392. The largest absolute Gasteiger partial charge is 0.504 e. The second kappa shape index (κ2) is 9.42. The van der Waals surface area contributed by atoms with E-state index in [1.165, 1.54) is 6.07 Å². The van der Waals surface area contributed by atoms with Gasteiger partial charge in [-0.1, -0.05) is 50.1 Å². The Balaban J connectivity index is 1.80. The van der Waals surface area contributed by atoms with E-state index >= 15 is 0 Å². The van der Waals surface area contributed by atoms with Crippen molar-refractivity contribution in [1.29, 1.82) is 0 Å². The predicted molar refractivity (Wildman–Crippen MR) is 126 cm³/mol. The van der Waals surface area contributed by atoms with Gasteiger partial charge in [-0.15, -0.1) is 0 Å². The van der Waals surface area contributed by atoms with Crippen molar-refractivity contribution in [1.82, 2.24) is 5.32 Å². The summed E-state index contributed by atoms with van der Waals surface area (Å²) in [6.07, 6.45) is 1.65. The van der Waals surface area contributed by atoms with Crippen LogP contribution in [-0.4, -0.2) is 11.7 Å². The Hall–Kier alpha value is -2.35. The van der Waals surface area contributed by atoms with E-state index in [-0.39, 0.29) is 17.6 Å². The van der Waals surface area contributed by atoms with E-state index in [0.29, 0.717) is 23.5 Å². The van der Waals surface area contributed by atoms with Crippen molar-refractivity contribution in [3.8, 4) is 11.5 Å². The Morgan fingerprint density at radius 1 is 1.03 bits per heavy atom. The highest BCUT2D eigenvalue weighted by Crippen LogP contribution is 2.36. The number of nitrogens with one attached hydrogen (secondary N) is 1. The van der Waals surface area contributed by atoms with Crippen molar-refractivity contribution in [2.75, 3.05) is 6.61 Å². The maximum absolute atomic E-state index is 14.7. The van der Waals surface area contributed by atoms with Gasteiger partial charge in [0.1, 0.15) is 11.9 Å². The summed E-state index contributed by atoms with van der Waals surface area (Å²) in [5.41, 5.74) is 3.06. The molecule has 0 saturated carbocycles. The number of phenolic OH excluding ortho intramolecular Hbond substituents is 1. The number of para-hydroxylation sites is 1. The summed E-state index contributed by atoms with van der Waals surface area (Å²) in [4.78, 5) is 0. The van der Waals surface area contributed by atoms with Gasteiger partial charge in [-0.2, -0.15) is 0 Å². The molecule has 4 nitrogen and oxygen atoms in total. The van der Waals surface area contributed by atoms with Crippen LogP contribution in [0.5, 0.6) is 11.5 Å². The Morgan fingerprint density at radius 3 is 2.58 bits per heavy atom. The number of hydrogen-bond acceptors (Lipinski definition) is 3. The zero-order valence-electron chi connectivity index (χ0n) is 16.8. The molecule has 0 amide bonds. The van der Waals surface area contributed by atoms with Crippen molar-refractivity contribution < 1.29 is 19.6 Å². The Bertz CT molecular complexity index is 1140. The highest BCUT2D eigenvalue weighted by molar-refractivity contribution is 9.10. The average Bonchev–Trinajstić information content (AvgIpc) is 2.77. The molecular weight excluding hydrogens is 527 g/mol. The van der Waals surface area contributed by atoms with E-state index in [0.717, 1.165) is 20.2 Å². The lowest BCUT2D eigenvalue weighted by atomic mass is 9.97. The molecule has 0 radical (unpaired) electrons. The maximum atomic E-state index is 14.7. The lowest BCUT2D eigenvalue weighted by Crippen LogP contribution is -2.90. The molecule has 1 aliphatic rings. The second-order valence-corrected chi connectivity index (χ2v) is 9.06. The topological polar surface area (TPSA) is 58.1 Å². The van der Waals surface area contributed by atoms with Crippen LogP contribution in [0.2, 0.25) is 0 Å². The highest BCUT2D eigenvalue weighted by Gasteiger charge is 2.31. The van der Waals surface area contributed by atoms with Crippen molar-refractivity contribution in [3.05, 3.63) is 98.2 Å². The monoisotopic (exact) mass is 547 g/mol. The lowest BCUT2D eigenvalue weighted by Gasteiger charge is -2.30. The first-order chi connectivity index (χ1) is 15.0. The van der Waals surface area contributed by atoms with Gasteiger partial charge in [-0.25, -0.2) is 4.39 Å². The molecule has 160 valence electrons. The van der Waals surface area contributed by atoms with E-state index in [1.807, 2.05) is 54.7 Å². The van der Waals surface area contributed by atoms with Crippen LogP contribution in [0.25, 0.3) is 5.70 Å². The maximum Gasteiger partial charge on any atom is 0.189 e. The van der Waals surface area contributed by atoms with E-state index in [2.05, 4.69) is 37.2 Å². The van der Waals surface area contributed by atoms with Gasteiger partial charge in [0.2, 0.25) is 0 Å². The van der Waals surface area contributed by atoms with Crippen LogP contribution in [0, 0.1) is 5.82 Å². The summed E-state index contributed by atoms with van der Waals surface area (Å²) in [5, 5.41) is 16.3. The minimum Gasteiger partial charge on any atom is -0.504 e. The number of halogens is 3. The van der Waals surface area contributed by atoms with Crippen LogP contribution >= 0.6 is 31.9 Å². The number of hydrogen-bond donors (Lipinski definition) is 3. The molecule has 0 fully saturated rings. The molecule has 0 bridgehead atoms. The third-order valence-corrected chi connectivity index (χ3v) is 6.16. The molecule has 2 atom stereocenters. The molecule has 4 N–H and O–H groups in total. The molecular formula is C24H22Br2FN2O2+. The first-order valence-electron chi connectivity index (χ1n) is 9.95. The van der Waals surface area contributed by atoms with Gasteiger partial charge >= 0.3 is 0 Å². The van der Waals surface area contributed by atoms with E-state index in [1.54, 1.807) is 18.2 Å². The summed E-state index contributed by atoms with van der Waals surface area (Å²) in [6, 6.07) is 18.0. The van der Waals surface area contributed by atoms with Gasteiger partial charge in [0, 0.05) is 20.7 Å². The fourth-order valence-electron chi connectivity index (χ4n) is 3.75. The normalized spacial score (nSPS) is 18.3. The van der Waals surface area contributed by atoms with Gasteiger partial charge in [0.05, 0.1) is 17.7 Å². The van der Waals surface area contributed by atoms with Gasteiger partial charge in [0.15, 0.2) is 17.7 Å². The highest BCUT2D eigenvalue weighted by atomic mass is 79.9. The van der Waals surface area contributed by atoms with E-state index in [9.17, 15) is 9.50 Å². The number of benzene rings is 3. The van der Waals surface area contributed by atoms with Crippen LogP contribution in [0.4, 0.5) is 4.39 Å². The summed E-state index contributed by atoms with van der Waals surface area (Å²) >= 11 is 6.97. The van der Waals surface area contributed by atoms with Crippen LogP contribution in [0.3, 0.4) is 0 Å². The number of quaternary nitrogens is 1. The third-order valence-electron chi connectivity index (χ3n) is 5.17. The molecule has 1 aliphatic heterocycles. The quantitative estimate of drug-likeness (QED) is 0.400. The number of rotatable bonds is 5. The third kappa shape index (κ3) is 4.79. The van der Waals surface area contributed by atoms with Crippen LogP contribution in [-0.2, 0) is 0 Å². The zero-order chi connectivity index (χ0) is 22.0. The van der Waals surface area contributed by atoms with Gasteiger partial charge in [-0.3, -0.25) is 0 Å². The molecule has 31 heavy (non-hydrogen) atoms. The molecule has 1 heterocycles. The van der Waals surface area contributed by atoms with Crippen molar-refractivity contribution in [3.63, 3.8) is 0 Å². The standard InChI is InChI=1S/C24H21Br2FN2O2/c1-2-31-22-8-4-7-17(23(22)30)21-13-20(14-5-3-6-15(25)11-14)28-24(29-21)18-12-16(26)9-10-19(18)27/h3-13,21,24,28-30H,2H2,1H3/p+1. The number of aromatic hydroxyl groups is 1. The number of phenols is 1. The molecule has 2 unspecified atom stereocenters. The van der Waals surface area contributed by atoms with E-state index < -0.39 is 6.17 Å². The summed E-state index contributed by atoms with van der Waals surface area (Å²) in [5.74, 6) is 0.249. The van der Waals surface area contributed by atoms with Crippen molar-refractivity contribution in [2.24, 2.45) is 0 Å². The summed E-state index contributed by atoms with van der Waals surface area (Å²) in [6.45, 7) is 2.33. The van der Waals surface area contributed by atoms with Crippen LogP contribution in [0.15, 0.2) is 75.7 Å². The summed E-state index contributed by atoms with van der Waals surface area (Å²) in [7, 11) is 0. The fraction of sp³-hybridized carbons (Fsp3) is 0.167. The summed E-state index contributed by atoms with van der Waals surface area (Å²) < 4.78 is 22.1. The SMILES string of the molecule is CCOc1cccc(C2C=C(c3cccc(Br)c3)NC(c3cc(Br)ccc3F)[NH2+]2)c1O. The van der Waals surface area contributed by atoms with Gasteiger partial charge < -0.3 is 20.5 Å². The average molecular weight is 549 g/mol. The van der Waals surface area contributed by atoms with Gasteiger partial charge in [-0.05, 0) is 55.0 Å². The fourth-order valence-corrected chi connectivity index (χ4v) is 4.53. The van der Waals surface area contributed by atoms with Crippen LogP contribution < -0.4 is 15.4 Å². The molecule has 7 heteroatoms. The van der Waals surface area contributed by atoms with Crippen molar-refractivity contribution >= 4 is 37.6 Å².